The van der Waals surface area contributed by atoms with Crippen molar-refractivity contribution in [3.63, 3.8) is 0 Å². The van der Waals surface area contributed by atoms with Crippen LogP contribution in [0.15, 0.2) is 18.2 Å². The highest BCUT2D eigenvalue weighted by Crippen LogP contribution is 2.23. The van der Waals surface area contributed by atoms with Crippen LogP contribution in [0.2, 0.25) is 5.02 Å². The van der Waals surface area contributed by atoms with Gasteiger partial charge in [0.05, 0.1) is 6.61 Å². The number of halogens is 2. The second kappa shape index (κ2) is 5.13. The number of ether oxygens (including phenoxy) is 1. The van der Waals surface area contributed by atoms with Crippen molar-refractivity contribution >= 4 is 11.6 Å². The molecule has 0 spiro atoms. The van der Waals surface area contributed by atoms with Crippen LogP contribution >= 0.6 is 11.6 Å². The van der Waals surface area contributed by atoms with Gasteiger partial charge < -0.3 is 10.5 Å². The second-order valence-corrected chi connectivity index (χ2v) is 4.63. The molecule has 2 nitrogen and oxygen atoms in total. The van der Waals surface area contributed by atoms with Crippen LogP contribution in [-0.4, -0.2) is 19.3 Å². The van der Waals surface area contributed by atoms with Crippen molar-refractivity contribution in [3.8, 4) is 0 Å². The summed E-state index contributed by atoms with van der Waals surface area (Å²) in [6.45, 7) is 1.48. The zero-order chi connectivity index (χ0) is 11.5. The van der Waals surface area contributed by atoms with Crippen LogP contribution in [0.1, 0.15) is 12.0 Å². The maximum absolute atomic E-state index is 13.1. The Morgan fingerprint density at radius 3 is 3.06 bits per heavy atom. The van der Waals surface area contributed by atoms with Crippen LogP contribution in [0.25, 0.3) is 0 Å². The first-order chi connectivity index (χ1) is 7.66. The average molecular weight is 244 g/mol. The van der Waals surface area contributed by atoms with Gasteiger partial charge in [0.2, 0.25) is 0 Å². The molecule has 1 fully saturated rings. The molecule has 0 bridgehead atoms. The van der Waals surface area contributed by atoms with Gasteiger partial charge in [-0.3, -0.25) is 0 Å². The molecule has 4 heteroatoms. The Labute approximate surface area is 99.5 Å². The Bertz CT molecular complexity index is 366. The molecule has 0 saturated carbocycles. The Hall–Kier alpha value is -0.640. The standard InChI is InChI=1S/C12H15ClFNO/c13-11-2-1-10(14)5-9(11)6-12(15)8-3-4-16-7-8/h1-2,5,8,12H,3-4,6-7,15H2. The second-order valence-electron chi connectivity index (χ2n) is 4.23. The van der Waals surface area contributed by atoms with E-state index in [1.165, 1.54) is 12.1 Å². The highest BCUT2D eigenvalue weighted by molar-refractivity contribution is 6.31. The summed E-state index contributed by atoms with van der Waals surface area (Å²) in [5, 5.41) is 0.579. The zero-order valence-corrected chi connectivity index (χ0v) is 9.71. The molecular formula is C12H15ClFNO. The molecule has 2 rings (SSSR count). The molecule has 2 unspecified atom stereocenters. The minimum atomic E-state index is -0.269. The zero-order valence-electron chi connectivity index (χ0n) is 8.96. The van der Waals surface area contributed by atoms with Gasteiger partial charge >= 0.3 is 0 Å². The first kappa shape index (κ1) is 11.8. The van der Waals surface area contributed by atoms with E-state index in [4.69, 9.17) is 22.1 Å². The predicted molar refractivity (Wildman–Crippen MR) is 62.0 cm³/mol. The molecule has 16 heavy (non-hydrogen) atoms. The lowest BCUT2D eigenvalue weighted by molar-refractivity contribution is 0.180. The predicted octanol–water partition coefficient (Wildman–Crippen LogP) is 2.39. The Kier molecular flexibility index (Phi) is 3.79. The van der Waals surface area contributed by atoms with Gasteiger partial charge in [-0.2, -0.15) is 0 Å². The average Bonchev–Trinajstić information content (AvgIpc) is 2.76. The molecule has 1 aliphatic rings. The molecule has 1 aromatic carbocycles. The molecule has 0 aromatic heterocycles. The summed E-state index contributed by atoms with van der Waals surface area (Å²) >= 11 is 5.99. The Balaban J connectivity index is 2.04. The molecule has 1 aliphatic heterocycles. The summed E-state index contributed by atoms with van der Waals surface area (Å²) < 4.78 is 18.3. The van der Waals surface area contributed by atoms with Gasteiger partial charge in [-0.15, -0.1) is 0 Å². The number of benzene rings is 1. The molecule has 0 amide bonds. The molecule has 1 aromatic rings. The maximum Gasteiger partial charge on any atom is 0.123 e. The van der Waals surface area contributed by atoms with Crippen molar-refractivity contribution in [1.82, 2.24) is 0 Å². The van der Waals surface area contributed by atoms with Crippen molar-refractivity contribution in [1.29, 1.82) is 0 Å². The van der Waals surface area contributed by atoms with E-state index in [0.29, 0.717) is 24.0 Å². The summed E-state index contributed by atoms with van der Waals surface area (Å²) in [5.41, 5.74) is 6.85. The summed E-state index contributed by atoms with van der Waals surface area (Å²) in [6, 6.07) is 4.37. The van der Waals surface area contributed by atoms with Crippen LogP contribution < -0.4 is 5.73 Å². The van der Waals surface area contributed by atoms with E-state index in [1.807, 2.05) is 0 Å². The molecule has 2 N–H and O–H groups in total. The highest BCUT2D eigenvalue weighted by Gasteiger charge is 2.23. The fraction of sp³-hybridized carbons (Fsp3) is 0.500. The molecule has 0 radical (unpaired) electrons. The Morgan fingerprint density at radius 1 is 1.56 bits per heavy atom. The van der Waals surface area contributed by atoms with Gasteiger partial charge in [0.1, 0.15) is 5.82 Å². The topological polar surface area (TPSA) is 35.2 Å². The smallest absolute Gasteiger partial charge is 0.123 e. The molecular weight excluding hydrogens is 229 g/mol. The lowest BCUT2D eigenvalue weighted by Gasteiger charge is -2.18. The van der Waals surface area contributed by atoms with Crippen molar-refractivity contribution in [3.05, 3.63) is 34.6 Å². The van der Waals surface area contributed by atoms with Crippen molar-refractivity contribution in [2.45, 2.75) is 18.9 Å². The van der Waals surface area contributed by atoms with Crippen LogP contribution in [0.5, 0.6) is 0 Å². The Morgan fingerprint density at radius 2 is 2.38 bits per heavy atom. The lowest BCUT2D eigenvalue weighted by Crippen LogP contribution is -2.32. The van der Waals surface area contributed by atoms with E-state index in [-0.39, 0.29) is 11.9 Å². The summed E-state index contributed by atoms with van der Waals surface area (Å²) in [5.74, 6) is 0.0913. The van der Waals surface area contributed by atoms with E-state index in [1.54, 1.807) is 6.07 Å². The van der Waals surface area contributed by atoms with Gasteiger partial charge in [-0.1, -0.05) is 11.6 Å². The van der Waals surface area contributed by atoms with Crippen LogP contribution in [-0.2, 0) is 11.2 Å². The monoisotopic (exact) mass is 243 g/mol. The van der Waals surface area contributed by atoms with Crippen LogP contribution in [0.4, 0.5) is 4.39 Å². The first-order valence-electron chi connectivity index (χ1n) is 5.44. The summed E-state index contributed by atoms with van der Waals surface area (Å²) in [7, 11) is 0. The van der Waals surface area contributed by atoms with E-state index in [9.17, 15) is 4.39 Å². The third kappa shape index (κ3) is 2.73. The van der Waals surface area contributed by atoms with E-state index < -0.39 is 0 Å². The van der Waals surface area contributed by atoms with Crippen molar-refractivity contribution in [2.75, 3.05) is 13.2 Å². The summed E-state index contributed by atoms with van der Waals surface area (Å²) in [6.07, 6.45) is 1.58. The van der Waals surface area contributed by atoms with Crippen molar-refractivity contribution < 1.29 is 9.13 Å². The largest absolute Gasteiger partial charge is 0.381 e. The van der Waals surface area contributed by atoms with E-state index in [2.05, 4.69) is 0 Å². The fourth-order valence-corrected chi connectivity index (χ4v) is 2.21. The molecule has 2 atom stereocenters. The normalized spacial score (nSPS) is 22.3. The van der Waals surface area contributed by atoms with Gasteiger partial charge in [0.25, 0.3) is 0 Å². The third-order valence-corrected chi connectivity index (χ3v) is 3.40. The van der Waals surface area contributed by atoms with E-state index >= 15 is 0 Å². The van der Waals surface area contributed by atoms with Gasteiger partial charge in [-0.05, 0) is 42.5 Å². The fourth-order valence-electron chi connectivity index (χ4n) is 2.01. The van der Waals surface area contributed by atoms with Gasteiger partial charge in [0.15, 0.2) is 0 Å². The lowest BCUT2D eigenvalue weighted by atomic mass is 9.94. The number of rotatable bonds is 3. The minimum absolute atomic E-state index is 0.0122. The number of nitrogens with two attached hydrogens (primary N) is 1. The van der Waals surface area contributed by atoms with E-state index in [0.717, 1.165) is 18.6 Å². The minimum Gasteiger partial charge on any atom is -0.381 e. The third-order valence-electron chi connectivity index (χ3n) is 3.03. The molecule has 0 aliphatic carbocycles. The maximum atomic E-state index is 13.1. The molecule has 1 saturated heterocycles. The SMILES string of the molecule is NC(Cc1cc(F)ccc1Cl)C1CCOC1. The highest BCUT2D eigenvalue weighted by atomic mass is 35.5. The molecule has 88 valence electrons. The quantitative estimate of drug-likeness (QED) is 0.885. The van der Waals surface area contributed by atoms with Crippen LogP contribution in [0.3, 0.4) is 0 Å². The molecule has 1 heterocycles. The number of hydrogen-bond donors (Lipinski definition) is 1. The number of hydrogen-bond acceptors (Lipinski definition) is 2. The van der Waals surface area contributed by atoms with Gasteiger partial charge in [0, 0.05) is 17.7 Å². The summed E-state index contributed by atoms with van der Waals surface area (Å²) in [4.78, 5) is 0. The van der Waals surface area contributed by atoms with Gasteiger partial charge in [-0.25, -0.2) is 4.39 Å². The van der Waals surface area contributed by atoms with Crippen LogP contribution in [0, 0.1) is 11.7 Å². The van der Waals surface area contributed by atoms with Crippen molar-refractivity contribution in [2.24, 2.45) is 11.7 Å². The first-order valence-corrected chi connectivity index (χ1v) is 5.82.